The van der Waals surface area contributed by atoms with Crippen LogP contribution in [0.5, 0.6) is 11.5 Å². The fourth-order valence-electron chi connectivity index (χ4n) is 11.0. The van der Waals surface area contributed by atoms with Crippen LogP contribution in [0.1, 0.15) is 47.2 Å². The Kier molecular flexibility index (Phi) is 6.99. The normalized spacial score (nSPS) is 14.5. The molecule has 3 nitrogen and oxygen atoms in total. The van der Waals surface area contributed by atoms with E-state index in [9.17, 15) is 0 Å². The Balaban J connectivity index is 1.05. The lowest BCUT2D eigenvalue weighted by molar-refractivity contribution is 0.436. The summed E-state index contributed by atoms with van der Waals surface area (Å²) in [4.78, 5) is 2.44. The van der Waals surface area contributed by atoms with E-state index in [1.54, 1.807) is 0 Å². The lowest BCUT2D eigenvalue weighted by atomic mass is 9.66. The molecule has 1 aromatic heterocycles. The molecule has 0 amide bonds. The average Bonchev–Trinajstić information content (AvgIpc) is 3.89. The molecule has 0 bridgehead atoms. The Morgan fingerprint density at radius 1 is 0.377 bits per heavy atom. The summed E-state index contributed by atoms with van der Waals surface area (Å²) in [5.41, 5.74) is 19.2. The van der Waals surface area contributed by atoms with Crippen LogP contribution in [-0.4, -0.2) is 0 Å². The zero-order valence-electron chi connectivity index (χ0n) is 33.8. The Morgan fingerprint density at radius 2 is 0.934 bits per heavy atom. The van der Waals surface area contributed by atoms with E-state index >= 15 is 0 Å². The van der Waals surface area contributed by atoms with E-state index in [1.165, 1.54) is 55.6 Å². The monoisotopic (exact) mass is 781 g/mol. The number of fused-ring (bicyclic) bond motifs is 15. The van der Waals surface area contributed by atoms with Gasteiger partial charge in [0.2, 0.25) is 0 Å². The van der Waals surface area contributed by atoms with Gasteiger partial charge in [0.05, 0.1) is 11.1 Å². The summed E-state index contributed by atoms with van der Waals surface area (Å²) in [6, 6.07) is 72.7. The van der Waals surface area contributed by atoms with Crippen molar-refractivity contribution in [2.75, 3.05) is 4.90 Å². The maximum absolute atomic E-state index is 6.90. The molecule has 0 atom stereocenters. The topological polar surface area (TPSA) is 25.6 Å². The van der Waals surface area contributed by atoms with Crippen LogP contribution in [0.25, 0.3) is 55.3 Å². The molecule has 9 aromatic carbocycles. The summed E-state index contributed by atoms with van der Waals surface area (Å²) in [5.74, 6) is 1.76. The zero-order chi connectivity index (χ0) is 40.5. The first-order valence-electron chi connectivity index (χ1n) is 21.2. The van der Waals surface area contributed by atoms with Gasteiger partial charge in [-0.3, -0.25) is 0 Å². The van der Waals surface area contributed by atoms with E-state index in [4.69, 9.17) is 9.15 Å². The van der Waals surface area contributed by atoms with Crippen molar-refractivity contribution in [1.82, 2.24) is 0 Å². The fourth-order valence-corrected chi connectivity index (χ4v) is 11.0. The quantitative estimate of drug-likeness (QED) is 0.178. The molecule has 0 N–H and O–H groups in total. The maximum atomic E-state index is 6.90. The van der Waals surface area contributed by atoms with Crippen LogP contribution in [0.3, 0.4) is 0 Å². The minimum absolute atomic E-state index is 0.142. The molecule has 10 aromatic rings. The van der Waals surface area contributed by atoms with Crippen molar-refractivity contribution in [3.63, 3.8) is 0 Å². The molecule has 1 aliphatic heterocycles. The highest BCUT2D eigenvalue weighted by molar-refractivity contribution is 6.10. The van der Waals surface area contributed by atoms with E-state index in [0.29, 0.717) is 0 Å². The van der Waals surface area contributed by atoms with Crippen molar-refractivity contribution in [3.05, 3.63) is 234 Å². The second kappa shape index (κ2) is 12.5. The second-order valence-corrected chi connectivity index (χ2v) is 17.2. The van der Waals surface area contributed by atoms with Gasteiger partial charge in [0.1, 0.15) is 22.7 Å². The van der Waals surface area contributed by atoms with Gasteiger partial charge in [-0.2, -0.15) is 0 Å². The molecule has 0 fully saturated rings. The van der Waals surface area contributed by atoms with Gasteiger partial charge in [-0.05, 0) is 111 Å². The van der Waals surface area contributed by atoms with Crippen LogP contribution < -0.4 is 9.64 Å². The number of para-hydroxylation sites is 3. The average molecular weight is 782 g/mol. The summed E-state index contributed by atoms with van der Waals surface area (Å²) < 4.78 is 13.5. The van der Waals surface area contributed by atoms with E-state index in [-0.39, 0.29) is 5.41 Å². The Hall–Kier alpha value is -7.62. The van der Waals surface area contributed by atoms with E-state index in [1.807, 2.05) is 0 Å². The van der Waals surface area contributed by atoms with Crippen molar-refractivity contribution in [3.8, 4) is 44.9 Å². The van der Waals surface area contributed by atoms with Crippen LogP contribution in [0.15, 0.2) is 205 Å². The molecular formula is C58H39NO2. The summed E-state index contributed by atoms with van der Waals surface area (Å²) in [6.07, 6.45) is 0. The molecular weight excluding hydrogens is 743 g/mol. The Bertz CT molecular complexity index is 3400. The highest BCUT2D eigenvalue weighted by Crippen LogP contribution is 2.63. The van der Waals surface area contributed by atoms with Crippen molar-refractivity contribution >= 4 is 39.0 Å². The number of hydrogen-bond donors (Lipinski definition) is 0. The van der Waals surface area contributed by atoms with E-state index < -0.39 is 5.41 Å². The lowest BCUT2D eigenvalue weighted by Gasteiger charge is -2.39. The molecule has 0 radical (unpaired) electrons. The standard InChI is InChI=1S/C58H39NO2/c1-57(2)46-21-9-6-19-40(46)42-30-28-38(33-50(42)57)59(52-25-13-8-18-39(52)36-16-4-3-5-17-36)37-29-31-53-44(32-37)45-34-43-41-20-7-10-22-47(41)58(51(43)35-56(45)60-53)48-23-11-14-26-54(48)61-55-27-15-12-24-49(55)58/h3-35H,1-2H3. The first-order valence-corrected chi connectivity index (χ1v) is 21.2. The second-order valence-electron chi connectivity index (χ2n) is 17.2. The molecule has 3 aliphatic rings. The molecule has 0 saturated carbocycles. The van der Waals surface area contributed by atoms with Gasteiger partial charge in [0, 0.05) is 44.3 Å². The summed E-state index contributed by atoms with van der Waals surface area (Å²) in [7, 11) is 0. The highest BCUT2D eigenvalue weighted by atomic mass is 16.5. The smallest absolute Gasteiger partial charge is 0.135 e. The van der Waals surface area contributed by atoms with E-state index in [2.05, 4.69) is 219 Å². The Morgan fingerprint density at radius 3 is 1.69 bits per heavy atom. The van der Waals surface area contributed by atoms with Crippen LogP contribution in [0, 0.1) is 0 Å². The molecule has 2 heterocycles. The molecule has 0 saturated heterocycles. The van der Waals surface area contributed by atoms with Crippen molar-refractivity contribution < 1.29 is 9.15 Å². The molecule has 2 aliphatic carbocycles. The van der Waals surface area contributed by atoms with Crippen LogP contribution >= 0.6 is 0 Å². The SMILES string of the molecule is CC1(C)c2ccccc2-c2ccc(N(c3ccc4oc5cc6c(cc5c4c3)-c3ccccc3C63c4ccccc4Oc4ccccc43)c3ccccc3-c3ccccc3)cc21. The molecule has 0 unspecified atom stereocenters. The maximum Gasteiger partial charge on any atom is 0.135 e. The van der Waals surface area contributed by atoms with Crippen LogP contribution in [0.4, 0.5) is 17.1 Å². The number of anilines is 3. The third kappa shape index (κ3) is 4.63. The summed E-state index contributed by atoms with van der Waals surface area (Å²) in [5, 5.41) is 2.18. The summed E-state index contributed by atoms with van der Waals surface area (Å²) >= 11 is 0. The van der Waals surface area contributed by atoms with Gasteiger partial charge in [-0.25, -0.2) is 0 Å². The van der Waals surface area contributed by atoms with Gasteiger partial charge in [0.15, 0.2) is 0 Å². The highest BCUT2D eigenvalue weighted by Gasteiger charge is 2.51. The number of ether oxygens (including phenoxy) is 1. The zero-order valence-corrected chi connectivity index (χ0v) is 33.8. The lowest BCUT2D eigenvalue weighted by Crippen LogP contribution is -2.32. The number of nitrogens with zero attached hydrogens (tertiary/aromatic N) is 1. The van der Waals surface area contributed by atoms with Crippen LogP contribution in [-0.2, 0) is 10.8 Å². The number of rotatable bonds is 4. The van der Waals surface area contributed by atoms with Gasteiger partial charge >= 0.3 is 0 Å². The van der Waals surface area contributed by atoms with Gasteiger partial charge < -0.3 is 14.1 Å². The first-order chi connectivity index (χ1) is 30.0. The Labute approximate surface area is 354 Å². The molecule has 13 rings (SSSR count). The predicted molar refractivity (Wildman–Crippen MR) is 249 cm³/mol. The largest absolute Gasteiger partial charge is 0.457 e. The molecule has 3 heteroatoms. The minimum atomic E-state index is -0.561. The van der Waals surface area contributed by atoms with Crippen molar-refractivity contribution in [1.29, 1.82) is 0 Å². The predicted octanol–water partition coefficient (Wildman–Crippen LogP) is 15.5. The number of hydrogen-bond acceptors (Lipinski definition) is 3. The van der Waals surface area contributed by atoms with Crippen molar-refractivity contribution in [2.45, 2.75) is 24.7 Å². The molecule has 1 spiro atoms. The van der Waals surface area contributed by atoms with Crippen LogP contribution in [0.2, 0.25) is 0 Å². The van der Waals surface area contributed by atoms with Gasteiger partial charge in [0.25, 0.3) is 0 Å². The van der Waals surface area contributed by atoms with E-state index in [0.717, 1.165) is 61.6 Å². The van der Waals surface area contributed by atoms with Gasteiger partial charge in [-0.15, -0.1) is 0 Å². The van der Waals surface area contributed by atoms with Gasteiger partial charge in [-0.1, -0.05) is 153 Å². The molecule has 288 valence electrons. The number of benzene rings is 9. The third-order valence-corrected chi connectivity index (χ3v) is 13.7. The van der Waals surface area contributed by atoms with Crippen molar-refractivity contribution in [2.24, 2.45) is 0 Å². The minimum Gasteiger partial charge on any atom is -0.457 e. The number of furan rings is 1. The first kappa shape index (κ1) is 34.3. The third-order valence-electron chi connectivity index (χ3n) is 13.7. The summed E-state index contributed by atoms with van der Waals surface area (Å²) in [6.45, 7) is 4.71. The fraction of sp³-hybridized carbons (Fsp3) is 0.0690. The molecule has 61 heavy (non-hydrogen) atoms.